The van der Waals surface area contributed by atoms with Gasteiger partial charge >= 0.3 is 0 Å². The second-order valence-corrected chi connectivity index (χ2v) is 12.5. The first-order valence-corrected chi connectivity index (χ1v) is 15.1. The highest BCUT2D eigenvalue weighted by Crippen LogP contribution is 2.31. The van der Waals surface area contributed by atoms with E-state index in [1.165, 1.54) is 23.1 Å². The highest BCUT2D eigenvalue weighted by atomic mass is 35.5. The third kappa shape index (κ3) is 8.98. The summed E-state index contributed by atoms with van der Waals surface area (Å²) in [6, 6.07) is 22.2. The number of carbonyl (C=O) groups is 2. The van der Waals surface area contributed by atoms with E-state index >= 15 is 0 Å². The van der Waals surface area contributed by atoms with Crippen molar-refractivity contribution in [3.05, 3.63) is 100 Å². The van der Waals surface area contributed by atoms with Crippen molar-refractivity contribution in [3.8, 4) is 0 Å². The van der Waals surface area contributed by atoms with Crippen molar-refractivity contribution in [3.63, 3.8) is 0 Å². The van der Waals surface area contributed by atoms with Crippen molar-refractivity contribution in [2.45, 2.75) is 32.9 Å². The Bertz CT molecular complexity index is 1370. The summed E-state index contributed by atoms with van der Waals surface area (Å²) in [6.45, 7) is 3.95. The molecule has 1 N–H and O–H groups in total. The van der Waals surface area contributed by atoms with Crippen molar-refractivity contribution < 1.29 is 18.0 Å². The number of rotatable bonds is 12. The molecule has 0 heterocycles. The second kappa shape index (κ2) is 13.8. The van der Waals surface area contributed by atoms with Crippen LogP contribution < -0.4 is 9.62 Å². The third-order valence-electron chi connectivity index (χ3n) is 6.01. The Labute approximate surface area is 240 Å². The smallest absolute Gasteiger partial charge is 0.244 e. The molecule has 39 heavy (non-hydrogen) atoms. The Morgan fingerprint density at radius 2 is 1.49 bits per heavy atom. The molecule has 0 spiro atoms. The molecule has 10 heteroatoms. The van der Waals surface area contributed by atoms with E-state index in [2.05, 4.69) is 5.32 Å². The van der Waals surface area contributed by atoms with E-state index in [-0.39, 0.29) is 40.5 Å². The summed E-state index contributed by atoms with van der Waals surface area (Å²) in [6.07, 6.45) is 1.25. The van der Waals surface area contributed by atoms with Gasteiger partial charge in [-0.2, -0.15) is 0 Å². The summed E-state index contributed by atoms with van der Waals surface area (Å²) < 4.78 is 26.6. The molecule has 208 valence electrons. The first-order valence-electron chi connectivity index (χ1n) is 12.5. The van der Waals surface area contributed by atoms with Gasteiger partial charge in [0.25, 0.3) is 0 Å². The summed E-state index contributed by atoms with van der Waals surface area (Å²) in [4.78, 5) is 29.0. The Balaban J connectivity index is 2.05. The van der Waals surface area contributed by atoms with E-state index in [0.29, 0.717) is 6.54 Å². The molecule has 0 fully saturated rings. The van der Waals surface area contributed by atoms with Crippen LogP contribution in [0.25, 0.3) is 0 Å². The molecule has 0 aliphatic rings. The van der Waals surface area contributed by atoms with E-state index in [1.807, 2.05) is 74.5 Å². The van der Waals surface area contributed by atoms with Crippen molar-refractivity contribution in [1.82, 2.24) is 10.2 Å². The van der Waals surface area contributed by atoms with Gasteiger partial charge in [-0.25, -0.2) is 8.42 Å². The van der Waals surface area contributed by atoms with Crippen molar-refractivity contribution in [2.75, 3.05) is 23.7 Å². The number of sulfonamides is 1. The van der Waals surface area contributed by atoms with Crippen LogP contribution in [0.15, 0.2) is 78.9 Å². The highest BCUT2D eigenvalue weighted by molar-refractivity contribution is 7.92. The van der Waals surface area contributed by atoms with Crippen LogP contribution in [0.2, 0.25) is 10.0 Å². The van der Waals surface area contributed by atoms with Gasteiger partial charge < -0.3 is 10.2 Å². The molecule has 0 bridgehead atoms. The average Bonchev–Trinajstić information content (AvgIpc) is 2.89. The largest absolute Gasteiger partial charge is 0.354 e. The third-order valence-corrected chi connectivity index (χ3v) is 7.69. The molecule has 3 aromatic rings. The second-order valence-electron chi connectivity index (χ2n) is 9.72. The molecule has 0 saturated carbocycles. The van der Waals surface area contributed by atoms with E-state index in [4.69, 9.17) is 23.2 Å². The number of hydrogen-bond acceptors (Lipinski definition) is 4. The molecule has 0 aliphatic heterocycles. The Kier molecular flexibility index (Phi) is 10.8. The number of halogens is 2. The first-order chi connectivity index (χ1) is 18.5. The lowest BCUT2D eigenvalue weighted by Crippen LogP contribution is -2.53. The summed E-state index contributed by atoms with van der Waals surface area (Å²) in [5, 5.41) is 3.35. The van der Waals surface area contributed by atoms with Crippen LogP contribution in [-0.4, -0.2) is 50.5 Å². The van der Waals surface area contributed by atoms with Crippen LogP contribution >= 0.6 is 23.2 Å². The predicted molar refractivity (Wildman–Crippen MR) is 157 cm³/mol. The predicted octanol–water partition coefficient (Wildman–Crippen LogP) is 5.17. The van der Waals surface area contributed by atoms with Gasteiger partial charge in [-0.1, -0.05) is 97.7 Å². The minimum absolute atomic E-state index is 0.0866. The molecular formula is C29H33Cl2N3O4S. The number of anilines is 1. The Morgan fingerprint density at radius 1 is 0.897 bits per heavy atom. The van der Waals surface area contributed by atoms with Gasteiger partial charge in [0.2, 0.25) is 21.8 Å². The Hall–Kier alpha value is -3.07. The van der Waals surface area contributed by atoms with E-state index < -0.39 is 28.5 Å². The van der Waals surface area contributed by atoms with Gasteiger partial charge in [-0.3, -0.25) is 13.9 Å². The lowest BCUT2D eigenvalue weighted by molar-refractivity contribution is -0.140. The van der Waals surface area contributed by atoms with Crippen LogP contribution in [0.4, 0.5) is 5.69 Å². The summed E-state index contributed by atoms with van der Waals surface area (Å²) in [7, 11) is -3.94. The molecule has 0 aliphatic carbocycles. The number of hydrogen-bond donors (Lipinski definition) is 1. The fourth-order valence-corrected chi connectivity index (χ4v) is 5.32. The number of nitrogens with one attached hydrogen (secondary N) is 1. The maximum absolute atomic E-state index is 14.0. The maximum Gasteiger partial charge on any atom is 0.244 e. The SMILES string of the molecule is CC(C)CNC(=O)[C@@H](Cc1ccccc1)N(Cc1ccccc1)C(=O)CN(c1cc(Cl)ccc1Cl)S(C)(=O)=O. The summed E-state index contributed by atoms with van der Waals surface area (Å²) in [5.41, 5.74) is 1.75. The van der Waals surface area contributed by atoms with Crippen LogP contribution in [0, 0.1) is 5.92 Å². The van der Waals surface area contributed by atoms with Gasteiger partial charge in [-0.05, 0) is 35.2 Å². The maximum atomic E-state index is 14.0. The molecule has 3 aromatic carbocycles. The number of carbonyl (C=O) groups excluding carboxylic acids is 2. The number of nitrogens with zero attached hydrogens (tertiary/aromatic N) is 2. The van der Waals surface area contributed by atoms with Gasteiger partial charge in [0.05, 0.1) is 17.0 Å². The van der Waals surface area contributed by atoms with E-state index in [1.54, 1.807) is 0 Å². The van der Waals surface area contributed by atoms with Crippen molar-refractivity contribution >= 4 is 50.7 Å². The topological polar surface area (TPSA) is 86.8 Å². The minimum atomic E-state index is -3.94. The standard InChI is InChI=1S/C29H33Cl2N3O4S/c1-21(2)18-32-29(36)27(16-22-10-6-4-7-11-22)33(19-23-12-8-5-9-13-23)28(35)20-34(39(3,37)38)26-17-24(30)14-15-25(26)31/h4-15,17,21,27H,16,18-20H2,1-3H3,(H,32,36)/t27-/m1/s1. The summed E-state index contributed by atoms with van der Waals surface area (Å²) >= 11 is 12.5. The van der Waals surface area contributed by atoms with Crippen LogP contribution in [-0.2, 0) is 32.6 Å². The quantitative estimate of drug-likeness (QED) is 0.315. The van der Waals surface area contributed by atoms with Gasteiger partial charge in [-0.15, -0.1) is 0 Å². The molecular weight excluding hydrogens is 557 g/mol. The molecule has 7 nitrogen and oxygen atoms in total. The van der Waals surface area contributed by atoms with Gasteiger partial charge in [0.15, 0.2) is 0 Å². The van der Waals surface area contributed by atoms with Gasteiger partial charge in [0.1, 0.15) is 12.6 Å². The van der Waals surface area contributed by atoms with Crippen LogP contribution in [0.1, 0.15) is 25.0 Å². The minimum Gasteiger partial charge on any atom is -0.354 e. The van der Waals surface area contributed by atoms with Gasteiger partial charge in [0, 0.05) is 24.5 Å². The zero-order valence-corrected chi connectivity index (χ0v) is 24.5. The lowest BCUT2D eigenvalue weighted by atomic mass is 10.0. The number of benzene rings is 3. The molecule has 0 saturated heterocycles. The summed E-state index contributed by atoms with van der Waals surface area (Å²) in [5.74, 6) is -0.667. The molecule has 1 atom stereocenters. The molecule has 2 amide bonds. The molecule has 0 radical (unpaired) electrons. The fraction of sp³-hybridized carbons (Fsp3) is 0.310. The van der Waals surface area contributed by atoms with Crippen molar-refractivity contribution in [2.24, 2.45) is 5.92 Å². The van der Waals surface area contributed by atoms with Crippen LogP contribution in [0.5, 0.6) is 0 Å². The molecule has 3 rings (SSSR count). The normalized spacial score (nSPS) is 12.2. The Morgan fingerprint density at radius 3 is 2.05 bits per heavy atom. The van der Waals surface area contributed by atoms with E-state index in [0.717, 1.165) is 21.7 Å². The highest BCUT2D eigenvalue weighted by Gasteiger charge is 2.33. The molecule has 0 unspecified atom stereocenters. The zero-order valence-electron chi connectivity index (χ0n) is 22.2. The van der Waals surface area contributed by atoms with E-state index in [9.17, 15) is 18.0 Å². The van der Waals surface area contributed by atoms with Crippen molar-refractivity contribution in [1.29, 1.82) is 0 Å². The fourth-order valence-electron chi connectivity index (χ4n) is 4.03. The first kappa shape index (κ1) is 30.5. The zero-order chi connectivity index (χ0) is 28.6. The monoisotopic (exact) mass is 589 g/mol. The molecule has 0 aromatic heterocycles. The van der Waals surface area contributed by atoms with Crippen LogP contribution in [0.3, 0.4) is 0 Å². The average molecular weight is 591 g/mol. The number of amides is 2. The lowest BCUT2D eigenvalue weighted by Gasteiger charge is -2.33.